The van der Waals surface area contributed by atoms with Crippen molar-refractivity contribution in [1.29, 1.82) is 0 Å². The Bertz CT molecular complexity index is 1280. The Labute approximate surface area is 187 Å². The molecule has 2 aromatic heterocycles. The van der Waals surface area contributed by atoms with E-state index in [-0.39, 0.29) is 5.56 Å². The maximum absolute atomic E-state index is 12.6. The van der Waals surface area contributed by atoms with Crippen molar-refractivity contribution in [2.45, 2.75) is 31.9 Å². The quantitative estimate of drug-likeness (QED) is 0.608. The number of ether oxygens (including phenoxy) is 3. The lowest BCUT2D eigenvalue weighted by molar-refractivity contribution is 0.0693. The Morgan fingerprint density at radius 1 is 1.34 bits per heavy atom. The molecule has 3 aliphatic rings. The van der Waals surface area contributed by atoms with Crippen LogP contribution in [0.15, 0.2) is 34.7 Å². The summed E-state index contributed by atoms with van der Waals surface area (Å²) in [6, 6.07) is 3.20. The first-order valence-electron chi connectivity index (χ1n) is 10.6. The number of pyridine rings is 1. The minimum absolute atomic E-state index is 0.310. The number of nitrogens with zero attached hydrogens (tertiary/aromatic N) is 2. The molecule has 3 aromatic rings. The third-order valence-electron chi connectivity index (χ3n) is 6.11. The Morgan fingerprint density at radius 2 is 2.22 bits per heavy atom. The van der Waals surface area contributed by atoms with E-state index in [2.05, 4.69) is 4.98 Å². The second kappa shape index (κ2) is 7.37. The van der Waals surface area contributed by atoms with E-state index in [9.17, 15) is 14.7 Å². The monoisotopic (exact) mass is 452 g/mol. The van der Waals surface area contributed by atoms with E-state index in [0.29, 0.717) is 47.6 Å². The number of thiazole rings is 1. The second-order valence-corrected chi connectivity index (χ2v) is 9.15. The number of aromatic nitrogens is 2. The Morgan fingerprint density at radius 3 is 2.97 bits per heavy atom. The van der Waals surface area contributed by atoms with E-state index < -0.39 is 17.6 Å². The lowest BCUT2D eigenvalue weighted by atomic mass is 9.97. The summed E-state index contributed by atoms with van der Waals surface area (Å²) in [5.41, 5.74) is 1.39. The van der Waals surface area contributed by atoms with Gasteiger partial charge in [-0.1, -0.05) is 12.8 Å². The number of benzene rings is 1. The predicted molar refractivity (Wildman–Crippen MR) is 116 cm³/mol. The number of carboxylic acids is 1. The van der Waals surface area contributed by atoms with Crippen LogP contribution in [0.4, 0.5) is 0 Å². The third-order valence-corrected chi connectivity index (χ3v) is 6.91. The van der Waals surface area contributed by atoms with Gasteiger partial charge in [0, 0.05) is 47.5 Å². The van der Waals surface area contributed by atoms with Crippen molar-refractivity contribution in [2.75, 3.05) is 13.2 Å². The maximum Gasteiger partial charge on any atom is 0.341 e. The topological polar surface area (TPSA) is 99.9 Å². The summed E-state index contributed by atoms with van der Waals surface area (Å²) in [7, 11) is 0. The van der Waals surface area contributed by atoms with E-state index in [1.54, 1.807) is 10.8 Å². The van der Waals surface area contributed by atoms with Gasteiger partial charge in [-0.05, 0) is 12.3 Å². The molecule has 4 heterocycles. The van der Waals surface area contributed by atoms with Gasteiger partial charge in [0.1, 0.15) is 11.3 Å². The summed E-state index contributed by atoms with van der Waals surface area (Å²) in [5.74, 6) is 1.39. The predicted octanol–water partition coefficient (Wildman–Crippen LogP) is 3.72. The molecule has 2 aliphatic heterocycles. The van der Waals surface area contributed by atoms with Crippen molar-refractivity contribution in [3.8, 4) is 28.5 Å². The van der Waals surface area contributed by atoms with Gasteiger partial charge >= 0.3 is 5.97 Å². The summed E-state index contributed by atoms with van der Waals surface area (Å²) >= 11 is 1.40. The van der Waals surface area contributed by atoms with Gasteiger partial charge < -0.3 is 23.9 Å². The summed E-state index contributed by atoms with van der Waals surface area (Å²) in [6.45, 7) is 1.13. The largest absolute Gasteiger partial charge is 0.490 e. The zero-order valence-electron chi connectivity index (χ0n) is 17.1. The fourth-order valence-corrected chi connectivity index (χ4v) is 5.01. The van der Waals surface area contributed by atoms with E-state index in [1.807, 2.05) is 11.4 Å². The molecule has 164 valence electrons. The Kier molecular flexibility index (Phi) is 4.46. The van der Waals surface area contributed by atoms with Gasteiger partial charge in [0.05, 0.1) is 18.9 Å². The number of aromatic carboxylic acids is 1. The molecule has 0 saturated heterocycles. The first kappa shape index (κ1) is 19.4. The molecule has 1 atom stereocenters. The standard InChI is InChI=1S/C23H20N2O6S/c26-16-9-15-19-13-4-7-30-20(13)18(29-6-3-12-1-2-12)10-17(19)31-22(21-24-5-8-32-21)25(15)11-14(16)23(27)28/h5,8-12,22H,1-4,6-7H2,(H,27,28). The fourth-order valence-electron chi connectivity index (χ4n) is 4.35. The van der Waals surface area contributed by atoms with Crippen molar-refractivity contribution in [3.63, 3.8) is 0 Å². The van der Waals surface area contributed by atoms with Crippen LogP contribution in [-0.4, -0.2) is 33.8 Å². The summed E-state index contributed by atoms with van der Waals surface area (Å²) in [6.07, 6.45) is 6.53. The van der Waals surface area contributed by atoms with Crippen LogP contribution >= 0.6 is 11.3 Å². The molecule has 1 saturated carbocycles. The molecule has 1 N–H and O–H groups in total. The molecule has 0 radical (unpaired) electrons. The Hall–Kier alpha value is -3.33. The molecule has 0 spiro atoms. The molecule has 8 nitrogen and oxygen atoms in total. The molecule has 32 heavy (non-hydrogen) atoms. The SMILES string of the molecule is O=C(O)c1cn2c(cc1=O)-c1c(cc(OCCC3CC3)c3c1CCO3)OC2c1nccs1. The lowest BCUT2D eigenvalue weighted by Gasteiger charge is -2.31. The van der Waals surface area contributed by atoms with Crippen molar-refractivity contribution in [3.05, 3.63) is 56.3 Å². The van der Waals surface area contributed by atoms with Crippen LogP contribution in [0.25, 0.3) is 11.3 Å². The van der Waals surface area contributed by atoms with Crippen molar-refractivity contribution >= 4 is 17.3 Å². The van der Waals surface area contributed by atoms with Crippen molar-refractivity contribution in [1.82, 2.24) is 9.55 Å². The summed E-state index contributed by atoms with van der Waals surface area (Å²) in [4.78, 5) is 28.6. The number of hydrogen-bond donors (Lipinski definition) is 1. The van der Waals surface area contributed by atoms with Gasteiger partial charge in [-0.15, -0.1) is 11.3 Å². The fraction of sp³-hybridized carbons (Fsp3) is 0.348. The molecule has 1 aromatic carbocycles. The number of carboxylic acid groups (broad SMARTS) is 1. The van der Waals surface area contributed by atoms with E-state index in [1.165, 1.54) is 36.4 Å². The van der Waals surface area contributed by atoms with Gasteiger partial charge in [0.25, 0.3) is 0 Å². The average molecular weight is 452 g/mol. The highest BCUT2D eigenvalue weighted by molar-refractivity contribution is 7.09. The lowest BCUT2D eigenvalue weighted by Crippen LogP contribution is -2.28. The third kappa shape index (κ3) is 3.15. The number of rotatable bonds is 6. The maximum atomic E-state index is 12.6. The zero-order chi connectivity index (χ0) is 21.8. The zero-order valence-corrected chi connectivity index (χ0v) is 17.9. The normalized spacial score (nSPS) is 18.2. The summed E-state index contributed by atoms with van der Waals surface area (Å²) < 4.78 is 20.0. The Balaban J connectivity index is 1.51. The highest BCUT2D eigenvalue weighted by atomic mass is 32.1. The van der Waals surface area contributed by atoms with Gasteiger partial charge in [-0.2, -0.15) is 0 Å². The first-order chi connectivity index (χ1) is 15.6. The molecule has 6 rings (SSSR count). The van der Waals surface area contributed by atoms with Gasteiger partial charge in [-0.3, -0.25) is 4.79 Å². The minimum atomic E-state index is -1.28. The van der Waals surface area contributed by atoms with Crippen LogP contribution in [0.5, 0.6) is 17.2 Å². The molecule has 9 heteroatoms. The highest BCUT2D eigenvalue weighted by Gasteiger charge is 2.35. The van der Waals surface area contributed by atoms with Crippen LogP contribution in [0.3, 0.4) is 0 Å². The number of carbonyl (C=O) groups is 1. The van der Waals surface area contributed by atoms with Crippen LogP contribution in [-0.2, 0) is 6.42 Å². The highest BCUT2D eigenvalue weighted by Crippen LogP contribution is 2.51. The van der Waals surface area contributed by atoms with Crippen LogP contribution < -0.4 is 19.6 Å². The van der Waals surface area contributed by atoms with Gasteiger partial charge in [-0.25, -0.2) is 9.78 Å². The average Bonchev–Trinajstić information content (AvgIpc) is 3.23. The van der Waals surface area contributed by atoms with Gasteiger partial charge in [0.15, 0.2) is 21.9 Å². The van der Waals surface area contributed by atoms with Crippen LogP contribution in [0, 0.1) is 5.92 Å². The number of hydrogen-bond acceptors (Lipinski definition) is 7. The second-order valence-electron chi connectivity index (χ2n) is 8.22. The smallest absolute Gasteiger partial charge is 0.341 e. The molecule has 0 bridgehead atoms. The molecule has 1 aliphatic carbocycles. The van der Waals surface area contributed by atoms with Crippen molar-refractivity contribution < 1.29 is 24.1 Å². The molecular formula is C23H20N2O6S. The number of fused-ring (bicyclic) bond motifs is 5. The summed E-state index contributed by atoms with van der Waals surface area (Å²) in [5, 5.41) is 12.0. The molecule has 1 fully saturated rings. The molecule has 0 amide bonds. The van der Waals surface area contributed by atoms with E-state index in [0.717, 1.165) is 23.5 Å². The molecule has 1 unspecified atom stereocenters. The van der Waals surface area contributed by atoms with Crippen molar-refractivity contribution in [2.24, 2.45) is 5.92 Å². The minimum Gasteiger partial charge on any atom is -0.490 e. The molecular weight excluding hydrogens is 432 g/mol. The first-order valence-corrected chi connectivity index (χ1v) is 11.5. The van der Waals surface area contributed by atoms with Crippen LogP contribution in [0.1, 0.15) is 46.4 Å². The van der Waals surface area contributed by atoms with Crippen LogP contribution in [0.2, 0.25) is 0 Å². The van der Waals surface area contributed by atoms with Gasteiger partial charge in [0.2, 0.25) is 6.23 Å². The van der Waals surface area contributed by atoms with E-state index >= 15 is 0 Å². The van der Waals surface area contributed by atoms with E-state index in [4.69, 9.17) is 14.2 Å².